The van der Waals surface area contributed by atoms with Crippen molar-refractivity contribution in [3.8, 4) is 123 Å². The van der Waals surface area contributed by atoms with Gasteiger partial charge in [-0.25, -0.2) is 4.98 Å². The second kappa shape index (κ2) is 20.4. The number of para-hydroxylation sites is 1. The average molecular weight is 968 g/mol. The normalized spacial score (nSPS) is 11.2. The summed E-state index contributed by atoms with van der Waals surface area (Å²) < 4.78 is 0. The Labute approximate surface area is 443 Å². The molecule has 0 radical (unpaired) electrons. The molecular weight excluding hydrogens is 919 g/mol. The van der Waals surface area contributed by atoms with Gasteiger partial charge in [-0.1, -0.05) is 224 Å². The predicted molar refractivity (Wildman–Crippen MR) is 317 cm³/mol. The van der Waals surface area contributed by atoms with E-state index in [9.17, 15) is 0 Å². The molecule has 3 heterocycles. The molecule has 3 nitrogen and oxygen atoms in total. The van der Waals surface area contributed by atoms with Crippen molar-refractivity contribution in [3.63, 3.8) is 0 Å². The van der Waals surface area contributed by atoms with E-state index in [1.807, 2.05) is 36.7 Å². The van der Waals surface area contributed by atoms with Crippen molar-refractivity contribution in [1.82, 2.24) is 15.0 Å². The molecule has 13 aromatic rings. The molecule has 0 saturated carbocycles. The van der Waals surface area contributed by atoms with Crippen molar-refractivity contribution in [3.05, 3.63) is 298 Å². The fourth-order valence-corrected chi connectivity index (χ4v) is 10.6. The van der Waals surface area contributed by atoms with E-state index in [1.165, 1.54) is 11.1 Å². The number of hydrogen-bond acceptors (Lipinski definition) is 3. The number of hydrogen-bond donors (Lipinski definition) is 0. The molecule has 3 heteroatoms. The van der Waals surface area contributed by atoms with Gasteiger partial charge in [-0.15, -0.1) is 0 Å². The Balaban J connectivity index is 0.987. The molecule has 0 bridgehead atoms. The molecule has 0 amide bonds. The van der Waals surface area contributed by atoms with E-state index < -0.39 is 0 Å². The lowest BCUT2D eigenvalue weighted by atomic mass is 9.84. The molecule has 0 aliphatic carbocycles. The van der Waals surface area contributed by atoms with Crippen LogP contribution in [0.25, 0.3) is 134 Å². The summed E-state index contributed by atoms with van der Waals surface area (Å²) in [5, 5.41) is 1.12. The van der Waals surface area contributed by atoms with Gasteiger partial charge in [0.05, 0.1) is 22.6 Å². The van der Waals surface area contributed by atoms with Crippen molar-refractivity contribution < 1.29 is 0 Å². The minimum Gasteiger partial charge on any atom is -0.256 e. The molecule has 13 rings (SSSR count). The second-order valence-corrected chi connectivity index (χ2v) is 19.1. The summed E-state index contributed by atoms with van der Waals surface area (Å²) in [4.78, 5) is 14.4. The summed E-state index contributed by atoms with van der Waals surface area (Å²) in [7, 11) is 0. The van der Waals surface area contributed by atoms with E-state index in [0.717, 1.165) is 123 Å². The van der Waals surface area contributed by atoms with Gasteiger partial charge in [-0.2, -0.15) is 0 Å². The van der Waals surface area contributed by atoms with E-state index in [4.69, 9.17) is 4.98 Å². The maximum absolute atomic E-state index is 5.17. The first-order valence-electron chi connectivity index (χ1n) is 25.8. The number of benzene rings is 10. The van der Waals surface area contributed by atoms with E-state index >= 15 is 0 Å². The number of pyridine rings is 3. The fourth-order valence-electron chi connectivity index (χ4n) is 10.6. The lowest BCUT2D eigenvalue weighted by molar-refractivity contribution is 1.33. The number of aromatic nitrogens is 3. The van der Waals surface area contributed by atoms with E-state index in [-0.39, 0.29) is 0 Å². The highest BCUT2D eigenvalue weighted by atomic mass is 14.7. The Bertz CT molecular complexity index is 4030. The van der Waals surface area contributed by atoms with Gasteiger partial charge in [-0.05, 0) is 150 Å². The van der Waals surface area contributed by atoms with Gasteiger partial charge in [0.15, 0.2) is 0 Å². The first-order chi connectivity index (χ1) is 37.7. The van der Waals surface area contributed by atoms with Crippen LogP contribution in [0, 0.1) is 0 Å². The van der Waals surface area contributed by atoms with Gasteiger partial charge < -0.3 is 0 Å². The molecule has 76 heavy (non-hydrogen) atoms. The van der Waals surface area contributed by atoms with Gasteiger partial charge in [-0.3, -0.25) is 9.97 Å². The maximum Gasteiger partial charge on any atom is 0.0709 e. The molecule has 0 N–H and O–H groups in total. The van der Waals surface area contributed by atoms with Gasteiger partial charge >= 0.3 is 0 Å². The van der Waals surface area contributed by atoms with Crippen LogP contribution in [0.3, 0.4) is 0 Å². The highest BCUT2D eigenvalue weighted by Gasteiger charge is 2.19. The SMILES string of the molecule is c1ccc(-c2ccc(-c3cc(-c4ccc5ccccc5n4)ccc3-c3ccccc3-c3cc(-c4ccccc4-c4ccc(-c5ccccn5)cc4)cc(-c4ccccc4-c4ccc(-c5ccccn5)cc4)c3)cc2)cc1. The summed E-state index contributed by atoms with van der Waals surface area (Å²) in [6.45, 7) is 0. The average Bonchev–Trinajstić information content (AvgIpc) is 3.54. The Kier molecular flexibility index (Phi) is 12.3. The highest BCUT2D eigenvalue weighted by molar-refractivity contribution is 5.98. The number of nitrogens with zero attached hydrogens (tertiary/aromatic N) is 3. The Morgan fingerprint density at radius 1 is 0.184 bits per heavy atom. The summed E-state index contributed by atoms with van der Waals surface area (Å²) in [5.41, 5.74) is 25.4. The zero-order valence-corrected chi connectivity index (χ0v) is 41.6. The van der Waals surface area contributed by atoms with Crippen LogP contribution in [0.1, 0.15) is 0 Å². The topological polar surface area (TPSA) is 38.7 Å². The quantitative estimate of drug-likeness (QED) is 0.130. The van der Waals surface area contributed by atoms with Crippen LogP contribution in [-0.4, -0.2) is 15.0 Å². The third kappa shape index (κ3) is 9.19. The summed E-state index contributed by atoms with van der Waals surface area (Å²) in [6, 6.07) is 102. The molecule has 0 aliphatic rings. The van der Waals surface area contributed by atoms with Crippen LogP contribution in [-0.2, 0) is 0 Å². The van der Waals surface area contributed by atoms with Crippen molar-refractivity contribution in [2.24, 2.45) is 0 Å². The standard InChI is InChI=1S/C73H49N3/c1-2-16-50(17-3-1)51-28-30-54(31-29-51)69-49-58(73-43-41-55-18-4-11-27-72(55)76-73)40-42-68(69)67-24-10-9-23-66(67)61-47-59(64-21-7-5-19-62(64)52-32-36-56(37-33-52)70-25-12-14-44-74-70)46-60(48-61)65-22-8-6-20-63(65)53-34-38-57(39-35-53)71-26-13-15-45-75-71/h1-49H. The molecule has 0 atom stereocenters. The van der Waals surface area contributed by atoms with Gasteiger partial charge in [0, 0.05) is 34.5 Å². The Morgan fingerprint density at radius 3 is 1.09 bits per heavy atom. The van der Waals surface area contributed by atoms with Crippen molar-refractivity contribution in [2.45, 2.75) is 0 Å². The van der Waals surface area contributed by atoms with Crippen LogP contribution in [0.5, 0.6) is 0 Å². The number of fused-ring (bicyclic) bond motifs is 1. The third-order valence-corrected chi connectivity index (χ3v) is 14.5. The molecular formula is C73H49N3. The van der Waals surface area contributed by atoms with Crippen LogP contribution in [0.2, 0.25) is 0 Å². The number of rotatable bonds is 11. The molecule has 0 fully saturated rings. The lowest BCUT2D eigenvalue weighted by Crippen LogP contribution is -1.94. The van der Waals surface area contributed by atoms with E-state index in [0.29, 0.717) is 0 Å². The van der Waals surface area contributed by atoms with Crippen LogP contribution < -0.4 is 0 Å². The van der Waals surface area contributed by atoms with Gasteiger partial charge in [0.2, 0.25) is 0 Å². The molecule has 356 valence electrons. The molecule has 3 aromatic heterocycles. The smallest absolute Gasteiger partial charge is 0.0709 e. The minimum absolute atomic E-state index is 0.938. The largest absolute Gasteiger partial charge is 0.256 e. The van der Waals surface area contributed by atoms with E-state index in [1.54, 1.807) is 0 Å². The van der Waals surface area contributed by atoms with E-state index in [2.05, 4.69) is 271 Å². The van der Waals surface area contributed by atoms with Crippen molar-refractivity contribution >= 4 is 10.9 Å². The summed E-state index contributed by atoms with van der Waals surface area (Å²) >= 11 is 0. The third-order valence-electron chi connectivity index (χ3n) is 14.5. The summed E-state index contributed by atoms with van der Waals surface area (Å²) in [6.07, 6.45) is 3.69. The van der Waals surface area contributed by atoms with Crippen molar-refractivity contribution in [1.29, 1.82) is 0 Å². The van der Waals surface area contributed by atoms with Crippen LogP contribution >= 0.6 is 0 Å². The first-order valence-corrected chi connectivity index (χ1v) is 25.8. The van der Waals surface area contributed by atoms with Gasteiger partial charge in [0.25, 0.3) is 0 Å². The molecule has 0 aliphatic heterocycles. The minimum atomic E-state index is 0.938. The fraction of sp³-hybridized carbons (Fsp3) is 0. The molecule has 0 unspecified atom stereocenters. The lowest BCUT2D eigenvalue weighted by Gasteiger charge is -2.19. The summed E-state index contributed by atoms with van der Waals surface area (Å²) in [5.74, 6) is 0. The predicted octanol–water partition coefficient (Wildman–Crippen LogP) is 19.4. The van der Waals surface area contributed by atoms with Gasteiger partial charge in [0.1, 0.15) is 0 Å². The first kappa shape index (κ1) is 45.7. The van der Waals surface area contributed by atoms with Crippen LogP contribution in [0.4, 0.5) is 0 Å². The highest BCUT2D eigenvalue weighted by Crippen LogP contribution is 2.45. The molecule has 10 aromatic carbocycles. The Morgan fingerprint density at radius 2 is 0.566 bits per heavy atom. The second-order valence-electron chi connectivity index (χ2n) is 19.1. The monoisotopic (exact) mass is 967 g/mol. The Hall–Kier alpha value is -10.1. The van der Waals surface area contributed by atoms with Crippen molar-refractivity contribution in [2.75, 3.05) is 0 Å². The molecule has 0 spiro atoms. The zero-order chi connectivity index (χ0) is 50.6. The zero-order valence-electron chi connectivity index (χ0n) is 41.6. The maximum atomic E-state index is 5.17. The van der Waals surface area contributed by atoms with Crippen LogP contribution in [0.15, 0.2) is 298 Å². The molecule has 0 saturated heterocycles.